The predicted molar refractivity (Wildman–Crippen MR) is 52.2 cm³/mol. The molecular weight excluding hydrogens is 260 g/mol. The molecule has 0 unspecified atom stereocenters. The van der Waals surface area contributed by atoms with Crippen molar-refractivity contribution in [1.82, 2.24) is 0 Å². The average molecular weight is 268 g/mol. The van der Waals surface area contributed by atoms with E-state index in [1.807, 2.05) is 0 Å². The smallest absolute Gasteiger partial charge is 0.387 e. The van der Waals surface area contributed by atoms with Crippen molar-refractivity contribution in [3.8, 4) is 11.5 Å². The van der Waals surface area contributed by atoms with E-state index in [2.05, 4.69) is 14.6 Å². The first-order chi connectivity index (χ1) is 8.45. The van der Waals surface area contributed by atoms with E-state index < -0.39 is 36.1 Å². The highest BCUT2D eigenvalue weighted by Gasteiger charge is 2.20. The molecule has 0 aliphatic heterocycles. The molecule has 0 bridgehead atoms. The van der Waals surface area contributed by atoms with Gasteiger partial charge in [-0.25, -0.2) is 0 Å². The van der Waals surface area contributed by atoms with Crippen LogP contribution in [0.3, 0.4) is 0 Å². The minimum absolute atomic E-state index is 0.486. The highest BCUT2D eigenvalue weighted by molar-refractivity contribution is 6.02. The topological polar surface area (TPSA) is 77.1 Å². The van der Waals surface area contributed by atoms with E-state index in [1.54, 1.807) is 0 Å². The van der Waals surface area contributed by atoms with Crippen LogP contribution in [0, 0.1) is 0 Å². The molecular formula is C9H8F4N2O3. The Morgan fingerprint density at radius 3 is 1.89 bits per heavy atom. The summed E-state index contributed by atoms with van der Waals surface area (Å²) in [7, 11) is 0. The Morgan fingerprint density at radius 2 is 1.56 bits per heavy atom. The molecule has 0 amide bonds. The summed E-state index contributed by atoms with van der Waals surface area (Å²) in [6.07, 6.45) is 0. The van der Waals surface area contributed by atoms with E-state index in [1.165, 1.54) is 0 Å². The molecule has 18 heavy (non-hydrogen) atoms. The van der Waals surface area contributed by atoms with Crippen molar-refractivity contribution in [2.45, 2.75) is 13.2 Å². The molecule has 0 saturated heterocycles. The van der Waals surface area contributed by atoms with E-state index in [-0.39, 0.29) is 0 Å². The Labute approximate surface area is 98.4 Å². The highest BCUT2D eigenvalue weighted by Crippen LogP contribution is 2.30. The molecule has 0 atom stereocenters. The minimum Gasteiger partial charge on any atom is -0.434 e. The van der Waals surface area contributed by atoms with Gasteiger partial charge in [-0.1, -0.05) is 11.2 Å². The van der Waals surface area contributed by atoms with Crippen LogP contribution in [0.2, 0.25) is 0 Å². The highest BCUT2D eigenvalue weighted by atomic mass is 19.3. The fourth-order valence-corrected chi connectivity index (χ4v) is 1.20. The molecule has 9 heteroatoms. The Bertz CT molecular complexity index is 412. The Morgan fingerprint density at radius 1 is 1.11 bits per heavy atom. The predicted octanol–water partition coefficient (Wildman–Crippen LogP) is 1.98. The normalized spacial score (nSPS) is 12.0. The molecule has 0 aromatic heterocycles. The summed E-state index contributed by atoms with van der Waals surface area (Å²) >= 11 is 0. The maximum Gasteiger partial charge on any atom is 0.387 e. The van der Waals surface area contributed by atoms with Crippen LogP contribution >= 0.6 is 0 Å². The number of oxime groups is 1. The van der Waals surface area contributed by atoms with Gasteiger partial charge in [-0.3, -0.25) is 0 Å². The van der Waals surface area contributed by atoms with E-state index in [4.69, 9.17) is 10.9 Å². The average Bonchev–Trinajstić information content (AvgIpc) is 2.27. The van der Waals surface area contributed by atoms with Crippen LogP contribution in [0.1, 0.15) is 5.56 Å². The Balaban J connectivity index is 3.25. The number of nitrogens with zero attached hydrogens (tertiary/aromatic N) is 1. The van der Waals surface area contributed by atoms with Crippen LogP contribution in [0.5, 0.6) is 11.5 Å². The quantitative estimate of drug-likeness (QED) is 0.281. The summed E-state index contributed by atoms with van der Waals surface area (Å²) in [5.74, 6) is -1.78. The first-order valence-corrected chi connectivity index (χ1v) is 4.46. The standard InChI is InChI=1S/C9H8F4N2O3/c10-8(11)17-4-2-1-3-5(18-9(12)13)6(4)7(14)15-16/h1-3,8-9,16H,(H2,14,15). The van der Waals surface area contributed by atoms with Crippen molar-refractivity contribution in [1.29, 1.82) is 0 Å². The second kappa shape index (κ2) is 5.94. The fraction of sp³-hybridized carbons (Fsp3) is 0.222. The third-order valence-corrected chi connectivity index (χ3v) is 1.78. The molecule has 0 spiro atoms. The molecule has 0 heterocycles. The number of ether oxygens (including phenoxy) is 2. The number of hydrogen-bond acceptors (Lipinski definition) is 4. The van der Waals surface area contributed by atoms with Crippen molar-refractivity contribution in [3.05, 3.63) is 23.8 Å². The molecule has 3 N–H and O–H groups in total. The monoisotopic (exact) mass is 268 g/mol. The molecule has 0 radical (unpaired) electrons. The molecule has 0 saturated carbocycles. The molecule has 1 aromatic carbocycles. The van der Waals surface area contributed by atoms with Gasteiger partial charge in [0.2, 0.25) is 0 Å². The summed E-state index contributed by atoms with van der Waals surface area (Å²) in [4.78, 5) is 0. The number of hydrogen-bond donors (Lipinski definition) is 2. The largest absolute Gasteiger partial charge is 0.434 e. The van der Waals surface area contributed by atoms with Crippen LogP contribution < -0.4 is 15.2 Å². The van der Waals surface area contributed by atoms with Crippen molar-refractivity contribution >= 4 is 5.84 Å². The number of rotatable bonds is 5. The van der Waals surface area contributed by atoms with Crippen LogP contribution in [0.4, 0.5) is 17.6 Å². The summed E-state index contributed by atoms with van der Waals surface area (Å²) in [6, 6.07) is 3.22. The van der Waals surface area contributed by atoms with E-state index in [0.717, 1.165) is 18.2 Å². The SMILES string of the molecule is N/C(=N\O)c1c(OC(F)F)cccc1OC(F)F. The molecule has 100 valence electrons. The zero-order valence-electron chi connectivity index (χ0n) is 8.69. The maximum absolute atomic E-state index is 12.1. The van der Waals surface area contributed by atoms with Crippen LogP contribution in [-0.4, -0.2) is 24.3 Å². The third kappa shape index (κ3) is 3.40. The van der Waals surface area contributed by atoms with Gasteiger partial charge >= 0.3 is 13.2 Å². The van der Waals surface area contributed by atoms with Gasteiger partial charge < -0.3 is 20.4 Å². The minimum atomic E-state index is -3.20. The van der Waals surface area contributed by atoms with E-state index in [0.29, 0.717) is 0 Å². The van der Waals surface area contributed by atoms with Crippen LogP contribution in [0.25, 0.3) is 0 Å². The fourth-order valence-electron chi connectivity index (χ4n) is 1.20. The molecule has 0 aliphatic carbocycles. The van der Waals surface area contributed by atoms with Crippen molar-refractivity contribution in [2.24, 2.45) is 10.9 Å². The van der Waals surface area contributed by atoms with Crippen molar-refractivity contribution in [3.63, 3.8) is 0 Å². The lowest BCUT2D eigenvalue weighted by Crippen LogP contribution is -2.18. The zero-order valence-corrected chi connectivity index (χ0v) is 8.69. The lowest BCUT2D eigenvalue weighted by molar-refractivity contribution is -0.0545. The first kappa shape index (κ1) is 13.9. The summed E-state index contributed by atoms with van der Waals surface area (Å²) in [5, 5.41) is 11.0. The van der Waals surface area contributed by atoms with Gasteiger partial charge in [-0.05, 0) is 12.1 Å². The van der Waals surface area contributed by atoms with Crippen LogP contribution in [-0.2, 0) is 0 Å². The second-order valence-corrected chi connectivity index (χ2v) is 2.87. The van der Waals surface area contributed by atoms with E-state index >= 15 is 0 Å². The van der Waals surface area contributed by atoms with Crippen LogP contribution in [0.15, 0.2) is 23.4 Å². The second-order valence-electron chi connectivity index (χ2n) is 2.87. The number of benzene rings is 1. The Hall–Kier alpha value is -2.19. The number of alkyl halides is 4. The van der Waals surface area contributed by atoms with Gasteiger partial charge in [0.25, 0.3) is 0 Å². The third-order valence-electron chi connectivity index (χ3n) is 1.78. The lowest BCUT2D eigenvalue weighted by atomic mass is 10.1. The van der Waals surface area contributed by atoms with Gasteiger partial charge in [-0.2, -0.15) is 17.6 Å². The van der Waals surface area contributed by atoms with Gasteiger partial charge in [0.1, 0.15) is 17.1 Å². The van der Waals surface area contributed by atoms with Crippen molar-refractivity contribution < 1.29 is 32.2 Å². The lowest BCUT2D eigenvalue weighted by Gasteiger charge is -2.14. The zero-order chi connectivity index (χ0) is 13.7. The molecule has 1 rings (SSSR count). The van der Waals surface area contributed by atoms with E-state index in [9.17, 15) is 17.6 Å². The van der Waals surface area contributed by atoms with Gasteiger partial charge in [0, 0.05) is 0 Å². The molecule has 0 fully saturated rings. The van der Waals surface area contributed by atoms with Gasteiger partial charge in [0.05, 0.1) is 0 Å². The van der Waals surface area contributed by atoms with Gasteiger partial charge in [0.15, 0.2) is 5.84 Å². The summed E-state index contributed by atoms with van der Waals surface area (Å²) in [5.41, 5.74) is 4.71. The number of nitrogens with two attached hydrogens (primary N) is 1. The Kier molecular flexibility index (Phi) is 4.58. The molecule has 1 aromatic rings. The molecule has 5 nitrogen and oxygen atoms in total. The number of halogens is 4. The first-order valence-electron chi connectivity index (χ1n) is 4.46. The molecule has 0 aliphatic rings. The summed E-state index contributed by atoms with van der Waals surface area (Å²) < 4.78 is 56.6. The van der Waals surface area contributed by atoms with Gasteiger partial charge in [-0.15, -0.1) is 0 Å². The van der Waals surface area contributed by atoms with Crippen molar-refractivity contribution in [2.75, 3.05) is 0 Å². The maximum atomic E-state index is 12.1. The summed E-state index contributed by atoms with van der Waals surface area (Å²) in [6.45, 7) is -6.39. The number of amidine groups is 1.